The summed E-state index contributed by atoms with van der Waals surface area (Å²) in [6.45, 7) is 0.363. The van der Waals surface area contributed by atoms with Crippen LogP contribution in [0.5, 0.6) is 0 Å². The van der Waals surface area contributed by atoms with E-state index in [4.69, 9.17) is 5.73 Å². The Kier molecular flexibility index (Phi) is 3.53. The topological polar surface area (TPSA) is 102 Å². The highest BCUT2D eigenvalue weighted by Crippen LogP contribution is 2.08. The number of hydrogen-bond donors (Lipinski definition) is 2. The van der Waals surface area contributed by atoms with Crippen LogP contribution in [0.4, 0.5) is 5.69 Å². The molecule has 3 aromatic rings. The van der Waals surface area contributed by atoms with Gasteiger partial charge in [0.25, 0.3) is 11.5 Å². The van der Waals surface area contributed by atoms with E-state index in [0.29, 0.717) is 12.1 Å². The molecule has 7 heteroatoms. The number of amides is 1. The second-order valence-electron chi connectivity index (χ2n) is 4.67. The van der Waals surface area contributed by atoms with E-state index in [1.54, 1.807) is 24.5 Å². The lowest BCUT2D eigenvalue weighted by Crippen LogP contribution is -2.26. The fourth-order valence-corrected chi connectivity index (χ4v) is 2.08. The highest BCUT2D eigenvalue weighted by molar-refractivity contribution is 5.99. The highest BCUT2D eigenvalue weighted by Gasteiger charge is 2.12. The van der Waals surface area contributed by atoms with Gasteiger partial charge in [0, 0.05) is 25.1 Å². The Bertz CT molecular complexity index is 889. The van der Waals surface area contributed by atoms with Crippen molar-refractivity contribution in [3.63, 3.8) is 0 Å². The largest absolute Gasteiger partial charge is 0.393 e. The summed E-state index contributed by atoms with van der Waals surface area (Å²) in [5, 5.41) is 2.79. The van der Waals surface area contributed by atoms with Crippen molar-refractivity contribution in [3.05, 3.63) is 70.5 Å². The van der Waals surface area contributed by atoms with Crippen molar-refractivity contribution in [1.82, 2.24) is 19.7 Å². The number of nitrogens with two attached hydrogens (primary N) is 1. The Hall–Kier alpha value is -3.22. The lowest BCUT2D eigenvalue weighted by atomic mass is 10.2. The molecule has 0 unspecified atom stereocenters. The molecule has 110 valence electrons. The zero-order valence-corrected chi connectivity index (χ0v) is 11.6. The number of nitrogens with zero attached hydrogens (tertiary/aromatic N) is 3. The van der Waals surface area contributed by atoms with Crippen molar-refractivity contribution >= 4 is 17.2 Å². The van der Waals surface area contributed by atoms with Gasteiger partial charge in [-0.2, -0.15) is 0 Å². The molecule has 3 heterocycles. The summed E-state index contributed by atoms with van der Waals surface area (Å²) >= 11 is 0. The maximum absolute atomic E-state index is 12.3. The van der Waals surface area contributed by atoms with Gasteiger partial charge in [0.1, 0.15) is 5.69 Å². The molecule has 22 heavy (non-hydrogen) atoms. The molecule has 0 bridgehead atoms. The van der Waals surface area contributed by atoms with Gasteiger partial charge in [0.15, 0.2) is 5.65 Å². The monoisotopic (exact) mass is 295 g/mol. The first-order chi connectivity index (χ1) is 10.7. The van der Waals surface area contributed by atoms with Crippen LogP contribution in [0.2, 0.25) is 0 Å². The number of hydrogen-bond acceptors (Lipinski definition) is 5. The molecule has 0 aliphatic carbocycles. The molecule has 3 N–H and O–H groups in total. The molecular weight excluding hydrogens is 282 g/mol. The van der Waals surface area contributed by atoms with Crippen LogP contribution in [0.25, 0.3) is 5.65 Å². The van der Waals surface area contributed by atoms with Gasteiger partial charge in [0.2, 0.25) is 0 Å². The summed E-state index contributed by atoms with van der Waals surface area (Å²) in [4.78, 5) is 32.3. The Morgan fingerprint density at radius 2 is 2.05 bits per heavy atom. The van der Waals surface area contributed by atoms with Crippen LogP contribution in [0, 0.1) is 0 Å². The van der Waals surface area contributed by atoms with Gasteiger partial charge in [-0.25, -0.2) is 4.98 Å². The first-order valence-electron chi connectivity index (χ1n) is 6.60. The standard InChI is InChI=1S/C15H13N5O2/c16-12-9-18-13-11(2-1-7-20(13)15(12)22)14(21)19-8-10-3-5-17-6-4-10/h1-7,9H,8,16H2,(H,19,21). The van der Waals surface area contributed by atoms with Crippen LogP contribution in [0.15, 0.2) is 53.8 Å². The maximum atomic E-state index is 12.3. The summed E-state index contributed by atoms with van der Waals surface area (Å²) in [6.07, 6.45) is 6.10. The van der Waals surface area contributed by atoms with Crippen LogP contribution < -0.4 is 16.6 Å². The number of carbonyl (C=O) groups excluding carboxylic acids is 1. The average molecular weight is 295 g/mol. The van der Waals surface area contributed by atoms with Crippen molar-refractivity contribution in [3.8, 4) is 0 Å². The molecule has 1 amide bonds. The molecule has 0 saturated carbocycles. The van der Waals surface area contributed by atoms with E-state index in [2.05, 4.69) is 15.3 Å². The number of pyridine rings is 2. The quantitative estimate of drug-likeness (QED) is 0.736. The first kappa shape index (κ1) is 13.7. The highest BCUT2D eigenvalue weighted by atomic mass is 16.2. The fraction of sp³-hybridized carbons (Fsp3) is 0.0667. The Labute approximate surface area is 125 Å². The van der Waals surface area contributed by atoms with Crippen molar-refractivity contribution in [1.29, 1.82) is 0 Å². The maximum Gasteiger partial charge on any atom is 0.281 e. The zero-order valence-electron chi connectivity index (χ0n) is 11.6. The third-order valence-corrected chi connectivity index (χ3v) is 3.21. The summed E-state index contributed by atoms with van der Waals surface area (Å²) in [5.41, 5.74) is 6.70. The smallest absolute Gasteiger partial charge is 0.281 e. The molecule has 0 aromatic carbocycles. The number of nitrogens with one attached hydrogen (secondary N) is 1. The predicted molar refractivity (Wildman–Crippen MR) is 81.3 cm³/mol. The van der Waals surface area contributed by atoms with E-state index in [9.17, 15) is 9.59 Å². The van der Waals surface area contributed by atoms with E-state index in [-0.39, 0.29) is 17.2 Å². The lowest BCUT2D eigenvalue weighted by Gasteiger charge is -2.08. The van der Waals surface area contributed by atoms with Gasteiger partial charge < -0.3 is 11.1 Å². The minimum absolute atomic E-state index is 0.0341. The lowest BCUT2D eigenvalue weighted by molar-refractivity contribution is 0.0952. The molecule has 0 spiro atoms. The number of carbonyl (C=O) groups is 1. The van der Waals surface area contributed by atoms with Gasteiger partial charge in [-0.3, -0.25) is 19.0 Å². The Balaban J connectivity index is 1.91. The summed E-state index contributed by atoms with van der Waals surface area (Å²) < 4.78 is 1.26. The molecule has 0 aliphatic rings. The van der Waals surface area contributed by atoms with Crippen molar-refractivity contribution in [2.45, 2.75) is 6.54 Å². The van der Waals surface area contributed by atoms with Gasteiger partial charge in [0.05, 0.1) is 11.8 Å². The normalized spacial score (nSPS) is 10.5. The number of fused-ring (bicyclic) bond motifs is 1. The van der Waals surface area contributed by atoms with Crippen LogP contribution in [-0.4, -0.2) is 20.3 Å². The molecule has 0 atom stereocenters. The predicted octanol–water partition coefficient (Wildman–Crippen LogP) is 0.602. The van der Waals surface area contributed by atoms with Crippen LogP contribution in [0.1, 0.15) is 15.9 Å². The molecule has 3 aromatic heterocycles. The van der Waals surface area contributed by atoms with Crippen LogP contribution >= 0.6 is 0 Å². The molecule has 3 rings (SSSR count). The number of anilines is 1. The second-order valence-corrected chi connectivity index (χ2v) is 4.67. The molecular formula is C15H13N5O2. The van der Waals surface area contributed by atoms with E-state index < -0.39 is 5.56 Å². The molecule has 0 aliphatic heterocycles. The van der Waals surface area contributed by atoms with Crippen LogP contribution in [0.3, 0.4) is 0 Å². The van der Waals surface area contributed by atoms with Gasteiger partial charge >= 0.3 is 0 Å². The average Bonchev–Trinajstić information content (AvgIpc) is 2.56. The fourth-order valence-electron chi connectivity index (χ4n) is 2.08. The van der Waals surface area contributed by atoms with E-state index >= 15 is 0 Å². The number of aromatic nitrogens is 3. The van der Waals surface area contributed by atoms with E-state index in [1.165, 1.54) is 16.8 Å². The van der Waals surface area contributed by atoms with Gasteiger partial charge in [-0.15, -0.1) is 0 Å². The van der Waals surface area contributed by atoms with E-state index in [1.807, 2.05) is 12.1 Å². The van der Waals surface area contributed by atoms with Crippen LogP contribution in [-0.2, 0) is 6.54 Å². The SMILES string of the molecule is Nc1cnc2c(C(=O)NCc3ccncc3)cccn2c1=O. The minimum Gasteiger partial charge on any atom is -0.393 e. The Morgan fingerprint density at radius 1 is 1.27 bits per heavy atom. The number of nitrogen functional groups attached to an aromatic ring is 1. The van der Waals surface area contributed by atoms with Gasteiger partial charge in [-0.05, 0) is 29.8 Å². The third-order valence-electron chi connectivity index (χ3n) is 3.21. The Morgan fingerprint density at radius 3 is 2.82 bits per heavy atom. The molecule has 0 radical (unpaired) electrons. The van der Waals surface area contributed by atoms with Crippen molar-refractivity contribution in [2.24, 2.45) is 0 Å². The molecule has 7 nitrogen and oxygen atoms in total. The zero-order chi connectivity index (χ0) is 15.5. The molecule has 0 saturated heterocycles. The van der Waals surface area contributed by atoms with Crippen molar-refractivity contribution < 1.29 is 4.79 Å². The summed E-state index contributed by atoms with van der Waals surface area (Å²) in [5.74, 6) is -0.313. The first-order valence-corrected chi connectivity index (χ1v) is 6.60. The summed E-state index contributed by atoms with van der Waals surface area (Å²) in [6, 6.07) is 6.84. The molecule has 0 fully saturated rings. The number of rotatable bonds is 3. The van der Waals surface area contributed by atoms with Gasteiger partial charge in [-0.1, -0.05) is 0 Å². The minimum atomic E-state index is -0.395. The second kappa shape index (κ2) is 5.65. The van der Waals surface area contributed by atoms with E-state index in [0.717, 1.165) is 5.56 Å². The summed E-state index contributed by atoms with van der Waals surface area (Å²) in [7, 11) is 0. The van der Waals surface area contributed by atoms with Crippen molar-refractivity contribution in [2.75, 3.05) is 5.73 Å². The third kappa shape index (κ3) is 2.51.